The molecule has 1 saturated heterocycles. The third-order valence-corrected chi connectivity index (χ3v) is 6.35. The fourth-order valence-electron chi connectivity index (χ4n) is 3.23. The van der Waals surface area contributed by atoms with E-state index < -0.39 is 10.2 Å². The molecule has 1 aliphatic heterocycles. The van der Waals surface area contributed by atoms with Crippen LogP contribution in [0.4, 0.5) is 0 Å². The molecule has 1 heterocycles. The Balaban J connectivity index is 2.26. The summed E-state index contributed by atoms with van der Waals surface area (Å²) < 4.78 is 28.9. The topological polar surface area (TPSA) is 40.6 Å². The molecule has 4 nitrogen and oxygen atoms in total. The van der Waals surface area contributed by atoms with E-state index in [0.717, 1.165) is 31.2 Å². The van der Waals surface area contributed by atoms with Crippen molar-refractivity contribution in [1.29, 1.82) is 0 Å². The highest BCUT2D eigenvalue weighted by atomic mass is 32.2. The summed E-state index contributed by atoms with van der Waals surface area (Å²) >= 11 is 0. The number of hydrogen-bond acceptors (Lipinski definition) is 2. The molecule has 0 aromatic heterocycles. The van der Waals surface area contributed by atoms with Crippen LogP contribution in [0, 0.1) is 13.8 Å². The second kappa shape index (κ2) is 7.11. The molecule has 1 aromatic rings. The highest BCUT2D eigenvalue weighted by Crippen LogP contribution is 2.35. The first kappa shape index (κ1) is 17.4. The summed E-state index contributed by atoms with van der Waals surface area (Å²) in [6, 6.07) is 6.35. The lowest BCUT2D eigenvalue weighted by molar-refractivity contribution is 0.345. The molecule has 0 spiro atoms. The zero-order valence-corrected chi connectivity index (χ0v) is 15.0. The van der Waals surface area contributed by atoms with E-state index in [1.807, 2.05) is 0 Å². The fraction of sp³-hybridized carbons (Fsp3) is 0.647. The van der Waals surface area contributed by atoms with E-state index in [1.165, 1.54) is 15.4 Å². The van der Waals surface area contributed by atoms with Crippen LogP contribution in [-0.4, -0.2) is 37.2 Å². The third-order valence-electron chi connectivity index (χ3n) is 4.35. The lowest BCUT2D eigenvalue weighted by Gasteiger charge is -2.29. The number of nitrogens with zero attached hydrogens (tertiary/aromatic N) is 2. The van der Waals surface area contributed by atoms with Gasteiger partial charge in [0.1, 0.15) is 0 Å². The summed E-state index contributed by atoms with van der Waals surface area (Å²) in [4.78, 5) is 0. The van der Waals surface area contributed by atoms with Gasteiger partial charge < -0.3 is 0 Å². The molecule has 1 atom stereocenters. The van der Waals surface area contributed by atoms with Gasteiger partial charge in [0.05, 0.1) is 6.04 Å². The average Bonchev–Trinajstić information content (AvgIpc) is 2.93. The van der Waals surface area contributed by atoms with Crippen molar-refractivity contribution in [2.75, 3.05) is 20.1 Å². The van der Waals surface area contributed by atoms with Crippen molar-refractivity contribution in [2.45, 2.75) is 52.5 Å². The minimum absolute atomic E-state index is 0.0207. The quantitative estimate of drug-likeness (QED) is 0.804. The molecule has 1 aliphatic rings. The molecule has 1 fully saturated rings. The van der Waals surface area contributed by atoms with Gasteiger partial charge in [0, 0.05) is 20.1 Å². The van der Waals surface area contributed by atoms with E-state index >= 15 is 0 Å². The molecule has 0 bridgehead atoms. The van der Waals surface area contributed by atoms with Crippen LogP contribution >= 0.6 is 0 Å². The molecule has 0 amide bonds. The Hall–Kier alpha value is -0.910. The first-order valence-corrected chi connectivity index (χ1v) is 9.57. The maximum Gasteiger partial charge on any atom is 0.282 e. The molecule has 0 saturated carbocycles. The van der Waals surface area contributed by atoms with Gasteiger partial charge in [-0.1, -0.05) is 42.7 Å². The van der Waals surface area contributed by atoms with Gasteiger partial charge in [-0.3, -0.25) is 0 Å². The highest BCUT2D eigenvalue weighted by molar-refractivity contribution is 7.86. The average molecular weight is 324 g/mol. The van der Waals surface area contributed by atoms with Crippen LogP contribution in [0.1, 0.15) is 55.3 Å². The van der Waals surface area contributed by atoms with Gasteiger partial charge in [-0.2, -0.15) is 17.0 Å². The lowest BCUT2D eigenvalue weighted by atomic mass is 10.0. The van der Waals surface area contributed by atoms with Crippen molar-refractivity contribution in [1.82, 2.24) is 8.61 Å². The van der Waals surface area contributed by atoms with Gasteiger partial charge in [0.25, 0.3) is 10.2 Å². The van der Waals surface area contributed by atoms with Crippen LogP contribution < -0.4 is 0 Å². The van der Waals surface area contributed by atoms with E-state index in [2.05, 4.69) is 39.0 Å². The molecular formula is C17H28N2O2S. The Morgan fingerprint density at radius 3 is 2.45 bits per heavy atom. The van der Waals surface area contributed by atoms with E-state index in [1.54, 1.807) is 11.4 Å². The van der Waals surface area contributed by atoms with Crippen molar-refractivity contribution in [3.8, 4) is 0 Å². The molecular weight excluding hydrogens is 296 g/mol. The van der Waals surface area contributed by atoms with Gasteiger partial charge in [0.15, 0.2) is 0 Å². The monoisotopic (exact) mass is 324 g/mol. The number of unbranched alkanes of at least 4 members (excludes halogenated alkanes) is 1. The number of benzene rings is 1. The molecule has 0 radical (unpaired) electrons. The summed E-state index contributed by atoms with van der Waals surface area (Å²) in [6.45, 7) is 7.43. The van der Waals surface area contributed by atoms with Gasteiger partial charge in [0.2, 0.25) is 0 Å². The van der Waals surface area contributed by atoms with Crippen LogP contribution in [0.15, 0.2) is 18.2 Å². The molecule has 124 valence electrons. The summed E-state index contributed by atoms with van der Waals surface area (Å²) in [5.41, 5.74) is 3.51. The van der Waals surface area contributed by atoms with E-state index in [-0.39, 0.29) is 6.04 Å². The van der Waals surface area contributed by atoms with Crippen LogP contribution in [0.25, 0.3) is 0 Å². The van der Waals surface area contributed by atoms with Crippen LogP contribution in [0.2, 0.25) is 0 Å². The van der Waals surface area contributed by atoms with Crippen molar-refractivity contribution in [3.63, 3.8) is 0 Å². The Bertz CT molecular complexity index is 593. The maximum absolute atomic E-state index is 12.8. The minimum Gasteiger partial charge on any atom is -0.195 e. The summed E-state index contributed by atoms with van der Waals surface area (Å²) in [5.74, 6) is 0. The molecule has 0 aliphatic carbocycles. The Kier molecular flexibility index (Phi) is 5.64. The highest BCUT2D eigenvalue weighted by Gasteiger charge is 2.37. The van der Waals surface area contributed by atoms with Crippen molar-refractivity contribution in [2.24, 2.45) is 0 Å². The molecule has 22 heavy (non-hydrogen) atoms. The second-order valence-electron chi connectivity index (χ2n) is 6.37. The predicted octanol–water partition coefficient (Wildman–Crippen LogP) is 3.42. The Labute approximate surface area is 135 Å². The lowest BCUT2D eigenvalue weighted by Crippen LogP contribution is -2.41. The number of aryl methyl sites for hydroxylation is 2. The van der Waals surface area contributed by atoms with Crippen molar-refractivity contribution in [3.05, 3.63) is 34.9 Å². The predicted molar refractivity (Wildman–Crippen MR) is 91.1 cm³/mol. The van der Waals surface area contributed by atoms with Crippen molar-refractivity contribution < 1.29 is 8.42 Å². The van der Waals surface area contributed by atoms with Gasteiger partial charge >= 0.3 is 0 Å². The van der Waals surface area contributed by atoms with Gasteiger partial charge in [-0.15, -0.1) is 0 Å². The molecule has 1 unspecified atom stereocenters. The van der Waals surface area contributed by atoms with Crippen LogP contribution in [0.3, 0.4) is 0 Å². The second-order valence-corrected chi connectivity index (χ2v) is 8.36. The van der Waals surface area contributed by atoms with Gasteiger partial charge in [-0.25, -0.2) is 0 Å². The molecule has 5 heteroatoms. The SMILES string of the molecule is CCCCN(C)S(=O)(=O)N1CCCC1c1cc(C)cc(C)c1. The largest absolute Gasteiger partial charge is 0.282 e. The van der Waals surface area contributed by atoms with Crippen molar-refractivity contribution >= 4 is 10.2 Å². The fourth-order valence-corrected chi connectivity index (χ4v) is 4.85. The Morgan fingerprint density at radius 1 is 1.23 bits per heavy atom. The van der Waals surface area contributed by atoms with E-state index in [4.69, 9.17) is 0 Å². The minimum atomic E-state index is -3.37. The van der Waals surface area contributed by atoms with E-state index in [0.29, 0.717) is 13.1 Å². The number of rotatable bonds is 6. The summed E-state index contributed by atoms with van der Waals surface area (Å²) in [7, 11) is -1.67. The number of hydrogen-bond donors (Lipinski definition) is 0. The van der Waals surface area contributed by atoms with Gasteiger partial charge in [-0.05, 0) is 38.7 Å². The third kappa shape index (κ3) is 3.70. The summed E-state index contributed by atoms with van der Waals surface area (Å²) in [5, 5.41) is 0. The summed E-state index contributed by atoms with van der Waals surface area (Å²) in [6.07, 6.45) is 3.74. The zero-order valence-electron chi connectivity index (χ0n) is 14.2. The molecule has 2 rings (SSSR count). The van der Waals surface area contributed by atoms with E-state index in [9.17, 15) is 8.42 Å². The standard InChI is InChI=1S/C17H28N2O2S/c1-5-6-9-18(4)22(20,21)19-10-7-8-17(19)16-12-14(2)11-15(3)13-16/h11-13,17H,5-10H2,1-4H3. The first-order chi connectivity index (χ1) is 10.4. The molecule has 0 N–H and O–H groups in total. The first-order valence-electron chi connectivity index (χ1n) is 8.17. The Morgan fingerprint density at radius 2 is 1.86 bits per heavy atom. The van der Waals surface area contributed by atoms with Crippen LogP contribution in [-0.2, 0) is 10.2 Å². The maximum atomic E-state index is 12.8. The van der Waals surface area contributed by atoms with Crippen LogP contribution in [0.5, 0.6) is 0 Å². The smallest absolute Gasteiger partial charge is 0.195 e. The molecule has 1 aromatic carbocycles. The zero-order chi connectivity index (χ0) is 16.3. The normalized spacial score (nSPS) is 20.0.